The van der Waals surface area contributed by atoms with Crippen molar-refractivity contribution in [2.75, 3.05) is 26.2 Å². The fourth-order valence-electron chi connectivity index (χ4n) is 2.35. The highest BCUT2D eigenvalue weighted by atomic mass is 16.1. The van der Waals surface area contributed by atoms with Gasteiger partial charge in [-0.1, -0.05) is 13.8 Å². The molecule has 1 fully saturated rings. The number of nitrogens with two attached hydrogens (primary N) is 1. The largest absolute Gasteiger partial charge is 0.368 e. The number of amides is 1. The third-order valence-electron chi connectivity index (χ3n) is 3.19. The molecule has 1 aliphatic heterocycles. The van der Waals surface area contributed by atoms with Gasteiger partial charge in [0.15, 0.2) is 0 Å². The molecule has 0 radical (unpaired) electrons. The van der Waals surface area contributed by atoms with Crippen LogP contribution in [0.15, 0.2) is 0 Å². The van der Waals surface area contributed by atoms with E-state index in [1.54, 1.807) is 0 Å². The van der Waals surface area contributed by atoms with Crippen LogP contribution in [0, 0.1) is 0 Å². The molecule has 1 unspecified atom stereocenters. The van der Waals surface area contributed by atoms with Crippen LogP contribution in [0.2, 0.25) is 0 Å². The summed E-state index contributed by atoms with van der Waals surface area (Å²) in [6.45, 7) is 7.59. The summed E-state index contributed by atoms with van der Waals surface area (Å²) < 4.78 is 0. The number of likely N-dealkylation sites (N-methyl/N-ethyl adjacent to an activating group) is 1. The van der Waals surface area contributed by atoms with Crippen LogP contribution in [0.25, 0.3) is 0 Å². The van der Waals surface area contributed by atoms with Gasteiger partial charge in [0.2, 0.25) is 5.91 Å². The molecule has 1 rings (SSSR count). The van der Waals surface area contributed by atoms with Crippen molar-refractivity contribution < 1.29 is 4.79 Å². The number of carbonyl (C=O) groups is 1. The van der Waals surface area contributed by atoms with Crippen LogP contribution in [-0.4, -0.2) is 42.5 Å². The number of hydrogen-bond acceptors (Lipinski definition) is 3. The first-order valence-electron chi connectivity index (χ1n) is 5.43. The van der Waals surface area contributed by atoms with Crippen LogP contribution in [-0.2, 0) is 4.79 Å². The first-order chi connectivity index (χ1) is 6.67. The number of primary amides is 1. The van der Waals surface area contributed by atoms with Crippen molar-refractivity contribution in [3.63, 3.8) is 0 Å². The minimum atomic E-state index is -0.443. The van der Waals surface area contributed by atoms with E-state index in [0.29, 0.717) is 6.54 Å². The number of rotatable bonds is 4. The molecule has 0 aromatic heterocycles. The molecule has 1 saturated heterocycles. The number of carbonyl (C=O) groups excluding carboxylic acids is 1. The van der Waals surface area contributed by atoms with E-state index in [1.807, 2.05) is 0 Å². The van der Waals surface area contributed by atoms with Gasteiger partial charge in [0.05, 0.1) is 0 Å². The van der Waals surface area contributed by atoms with E-state index in [0.717, 1.165) is 32.5 Å². The standard InChI is InChI=1S/C10H21N3O/c1-3-13(4-2)10(9(11)14)6-5-7-12-8-10/h12H,3-8H2,1-2H3,(H2,11,14). The van der Waals surface area contributed by atoms with Crippen molar-refractivity contribution in [3.8, 4) is 0 Å². The van der Waals surface area contributed by atoms with E-state index in [-0.39, 0.29) is 5.91 Å². The van der Waals surface area contributed by atoms with Gasteiger partial charge in [0.1, 0.15) is 5.54 Å². The molecule has 0 aromatic rings. The molecule has 1 heterocycles. The van der Waals surface area contributed by atoms with Gasteiger partial charge in [-0.15, -0.1) is 0 Å². The molecule has 3 N–H and O–H groups in total. The van der Waals surface area contributed by atoms with Crippen molar-refractivity contribution in [1.82, 2.24) is 10.2 Å². The first kappa shape index (κ1) is 11.5. The Morgan fingerprint density at radius 3 is 2.50 bits per heavy atom. The summed E-state index contributed by atoms with van der Waals surface area (Å²) in [4.78, 5) is 13.7. The van der Waals surface area contributed by atoms with Gasteiger partial charge in [-0.3, -0.25) is 9.69 Å². The molecule has 1 amide bonds. The number of nitrogens with one attached hydrogen (secondary N) is 1. The summed E-state index contributed by atoms with van der Waals surface area (Å²) in [5, 5.41) is 3.26. The Hall–Kier alpha value is -0.610. The zero-order chi connectivity index (χ0) is 10.6. The second-order valence-electron chi connectivity index (χ2n) is 3.85. The van der Waals surface area contributed by atoms with Crippen molar-refractivity contribution >= 4 is 5.91 Å². The zero-order valence-electron chi connectivity index (χ0n) is 9.18. The summed E-state index contributed by atoms with van der Waals surface area (Å²) in [5.41, 5.74) is 5.09. The molecule has 0 aromatic carbocycles. The van der Waals surface area contributed by atoms with E-state index in [4.69, 9.17) is 5.73 Å². The van der Waals surface area contributed by atoms with Crippen molar-refractivity contribution in [2.24, 2.45) is 5.73 Å². The lowest BCUT2D eigenvalue weighted by atomic mass is 9.87. The normalized spacial score (nSPS) is 27.9. The second kappa shape index (κ2) is 4.75. The third-order valence-corrected chi connectivity index (χ3v) is 3.19. The number of hydrogen-bond donors (Lipinski definition) is 2. The summed E-state index contributed by atoms with van der Waals surface area (Å²) >= 11 is 0. The van der Waals surface area contributed by atoms with Crippen LogP contribution in [0.3, 0.4) is 0 Å². The van der Waals surface area contributed by atoms with Crippen LogP contribution in [0.1, 0.15) is 26.7 Å². The quantitative estimate of drug-likeness (QED) is 0.666. The van der Waals surface area contributed by atoms with Crippen LogP contribution < -0.4 is 11.1 Å². The molecule has 0 spiro atoms. The maximum atomic E-state index is 11.6. The maximum Gasteiger partial charge on any atom is 0.239 e. The Bertz CT molecular complexity index is 196. The Labute approximate surface area is 85.8 Å². The predicted molar refractivity (Wildman–Crippen MR) is 57.0 cm³/mol. The minimum absolute atomic E-state index is 0.187. The topological polar surface area (TPSA) is 58.4 Å². The summed E-state index contributed by atoms with van der Waals surface area (Å²) in [6, 6.07) is 0. The highest BCUT2D eigenvalue weighted by molar-refractivity contribution is 5.85. The average Bonchev–Trinajstić information content (AvgIpc) is 2.21. The van der Waals surface area contributed by atoms with Crippen LogP contribution >= 0.6 is 0 Å². The van der Waals surface area contributed by atoms with E-state index in [1.165, 1.54) is 0 Å². The lowest BCUT2D eigenvalue weighted by Crippen LogP contribution is -2.64. The highest BCUT2D eigenvalue weighted by Gasteiger charge is 2.41. The van der Waals surface area contributed by atoms with Gasteiger partial charge in [0.25, 0.3) is 0 Å². The SMILES string of the molecule is CCN(CC)C1(C(N)=O)CCCNC1. The molecule has 4 nitrogen and oxygen atoms in total. The Morgan fingerprint density at radius 2 is 2.14 bits per heavy atom. The van der Waals surface area contributed by atoms with E-state index in [2.05, 4.69) is 24.1 Å². The Kier molecular flexibility index (Phi) is 3.89. The molecule has 4 heteroatoms. The number of piperidine rings is 1. The van der Waals surface area contributed by atoms with Crippen LogP contribution in [0.5, 0.6) is 0 Å². The third kappa shape index (κ3) is 1.91. The van der Waals surface area contributed by atoms with Gasteiger partial charge in [-0.25, -0.2) is 0 Å². The molecule has 82 valence electrons. The zero-order valence-corrected chi connectivity index (χ0v) is 9.18. The van der Waals surface area contributed by atoms with Gasteiger partial charge < -0.3 is 11.1 Å². The highest BCUT2D eigenvalue weighted by Crippen LogP contribution is 2.23. The summed E-state index contributed by atoms with van der Waals surface area (Å²) in [6.07, 6.45) is 1.91. The van der Waals surface area contributed by atoms with Gasteiger partial charge in [-0.2, -0.15) is 0 Å². The molecular formula is C10H21N3O. The monoisotopic (exact) mass is 199 g/mol. The number of nitrogens with zero attached hydrogens (tertiary/aromatic N) is 1. The van der Waals surface area contributed by atoms with Crippen molar-refractivity contribution in [3.05, 3.63) is 0 Å². The molecule has 14 heavy (non-hydrogen) atoms. The van der Waals surface area contributed by atoms with Gasteiger partial charge in [0, 0.05) is 6.54 Å². The Balaban J connectivity index is 2.83. The van der Waals surface area contributed by atoms with E-state index >= 15 is 0 Å². The molecule has 0 aliphatic carbocycles. The maximum absolute atomic E-state index is 11.6. The minimum Gasteiger partial charge on any atom is -0.368 e. The van der Waals surface area contributed by atoms with Gasteiger partial charge >= 0.3 is 0 Å². The van der Waals surface area contributed by atoms with Crippen LogP contribution in [0.4, 0.5) is 0 Å². The summed E-state index contributed by atoms with van der Waals surface area (Å²) in [7, 11) is 0. The van der Waals surface area contributed by atoms with Crippen molar-refractivity contribution in [1.29, 1.82) is 0 Å². The fraction of sp³-hybridized carbons (Fsp3) is 0.900. The molecule has 0 bridgehead atoms. The first-order valence-corrected chi connectivity index (χ1v) is 5.43. The second-order valence-corrected chi connectivity index (χ2v) is 3.85. The molecule has 1 atom stereocenters. The lowest BCUT2D eigenvalue weighted by molar-refractivity contribution is -0.131. The molecular weight excluding hydrogens is 178 g/mol. The fourth-order valence-corrected chi connectivity index (χ4v) is 2.35. The van der Waals surface area contributed by atoms with E-state index in [9.17, 15) is 4.79 Å². The molecule has 1 aliphatic rings. The lowest BCUT2D eigenvalue weighted by Gasteiger charge is -2.43. The molecule has 0 saturated carbocycles. The van der Waals surface area contributed by atoms with Crippen molar-refractivity contribution in [2.45, 2.75) is 32.2 Å². The van der Waals surface area contributed by atoms with E-state index < -0.39 is 5.54 Å². The predicted octanol–water partition coefficient (Wildman–Crippen LogP) is -0.0643. The smallest absolute Gasteiger partial charge is 0.239 e. The Morgan fingerprint density at radius 1 is 1.50 bits per heavy atom. The van der Waals surface area contributed by atoms with Gasteiger partial charge in [-0.05, 0) is 32.5 Å². The average molecular weight is 199 g/mol. The summed E-state index contributed by atoms with van der Waals surface area (Å²) in [5.74, 6) is -0.187.